The van der Waals surface area contributed by atoms with E-state index in [1.165, 1.54) is 0 Å². The lowest BCUT2D eigenvalue weighted by molar-refractivity contribution is 0.672. The molecule has 0 radical (unpaired) electrons. The normalized spacial score (nSPS) is 16.0. The van der Waals surface area contributed by atoms with E-state index in [0.717, 1.165) is 0 Å². The molecule has 0 aliphatic carbocycles. The topological polar surface area (TPSA) is 76.8 Å². The maximum atomic E-state index is 5.42. The highest BCUT2D eigenvalue weighted by atomic mass is 35.5. The molecule has 0 saturated carbocycles. The van der Waals surface area contributed by atoms with E-state index in [1.807, 2.05) is 13.8 Å². The van der Waals surface area contributed by atoms with Crippen LogP contribution in [0.1, 0.15) is 13.8 Å². The Morgan fingerprint density at radius 2 is 1.27 bits per heavy atom. The van der Waals surface area contributed by atoms with Gasteiger partial charge in [0.15, 0.2) is 0 Å². The molecular weight excluding hydrogens is 164 g/mol. The predicted octanol–water partition coefficient (Wildman–Crippen LogP) is 0.555. The summed E-state index contributed by atoms with van der Waals surface area (Å²) in [5.74, 6) is 0. The Bertz CT molecular complexity index is 90.8. The first-order valence-electron chi connectivity index (χ1n) is 3.47. The molecule has 11 heavy (non-hydrogen) atoms. The second-order valence-electron chi connectivity index (χ2n) is 2.60. The smallest absolute Gasteiger partial charge is 0.0747 e. The molecule has 0 heterocycles. The zero-order chi connectivity index (χ0) is 7.98. The molecule has 0 saturated heterocycles. The molecule has 0 aliphatic heterocycles. The monoisotopic (exact) mass is 180 g/mol. The fourth-order valence-corrected chi connectivity index (χ4v) is 0.373. The van der Waals surface area contributed by atoms with Crippen molar-refractivity contribution in [2.45, 2.75) is 25.9 Å². The van der Waals surface area contributed by atoms with Crippen LogP contribution in [0.25, 0.3) is 0 Å². The minimum Gasteiger partial charge on any atom is -0.326 e. The Morgan fingerprint density at radius 3 is 1.45 bits per heavy atom. The van der Waals surface area contributed by atoms with Crippen molar-refractivity contribution in [2.75, 3.05) is 13.1 Å². The molecule has 4 nitrogen and oxygen atoms in total. The highest BCUT2D eigenvalue weighted by Gasteiger charge is 1.90. The van der Waals surface area contributed by atoms with Gasteiger partial charge in [-0.3, -0.25) is 0 Å². The van der Waals surface area contributed by atoms with Gasteiger partial charge in [-0.1, -0.05) is 0 Å². The first-order chi connectivity index (χ1) is 4.63. The Hall–Kier alpha value is -0.190. The van der Waals surface area contributed by atoms with Crippen LogP contribution in [0.3, 0.4) is 0 Å². The number of nitrogens with zero attached hydrogens (tertiary/aromatic N) is 2. The molecule has 0 rings (SSSR count). The van der Waals surface area contributed by atoms with Crippen LogP contribution in [0.5, 0.6) is 0 Å². The number of azo groups is 1. The minimum absolute atomic E-state index is 0. The fourth-order valence-electron chi connectivity index (χ4n) is 0.373. The largest absolute Gasteiger partial charge is 0.326 e. The summed E-state index contributed by atoms with van der Waals surface area (Å²) in [6.07, 6.45) is 0. The van der Waals surface area contributed by atoms with E-state index < -0.39 is 0 Å². The molecule has 68 valence electrons. The van der Waals surface area contributed by atoms with Crippen LogP contribution in [0, 0.1) is 0 Å². The van der Waals surface area contributed by atoms with E-state index in [2.05, 4.69) is 10.2 Å². The zero-order valence-corrected chi connectivity index (χ0v) is 7.84. The highest BCUT2D eigenvalue weighted by Crippen LogP contribution is 1.82. The molecule has 0 aliphatic rings. The van der Waals surface area contributed by atoms with Crippen molar-refractivity contribution in [1.29, 1.82) is 0 Å². The number of rotatable bonds is 4. The molecule has 0 fully saturated rings. The molecule has 0 spiro atoms. The Kier molecular flexibility index (Phi) is 9.64. The van der Waals surface area contributed by atoms with Crippen LogP contribution in [-0.2, 0) is 0 Å². The third kappa shape index (κ3) is 12.9. The zero-order valence-electron chi connectivity index (χ0n) is 7.03. The Morgan fingerprint density at radius 1 is 1.00 bits per heavy atom. The summed E-state index contributed by atoms with van der Waals surface area (Å²) in [5.41, 5.74) is 10.8. The number of hydrogen-bond acceptors (Lipinski definition) is 4. The summed E-state index contributed by atoms with van der Waals surface area (Å²) in [7, 11) is 0. The molecule has 0 bridgehead atoms. The first kappa shape index (κ1) is 13.4. The lowest BCUT2D eigenvalue weighted by Gasteiger charge is -1.98. The van der Waals surface area contributed by atoms with Crippen molar-refractivity contribution < 1.29 is 0 Å². The van der Waals surface area contributed by atoms with Gasteiger partial charge in [0.1, 0.15) is 0 Å². The number of hydrogen-bond donors (Lipinski definition) is 2. The quantitative estimate of drug-likeness (QED) is 0.621. The van der Waals surface area contributed by atoms with Gasteiger partial charge in [0.2, 0.25) is 0 Å². The number of nitrogens with two attached hydrogens (primary N) is 2. The molecule has 0 aromatic rings. The summed E-state index contributed by atoms with van der Waals surface area (Å²) in [6, 6.07) is 0.189. The van der Waals surface area contributed by atoms with Crippen LogP contribution in [0.15, 0.2) is 10.2 Å². The molecule has 0 amide bonds. The van der Waals surface area contributed by atoms with Crippen molar-refractivity contribution >= 4 is 12.4 Å². The molecule has 2 atom stereocenters. The van der Waals surface area contributed by atoms with E-state index in [1.54, 1.807) is 0 Å². The van der Waals surface area contributed by atoms with Crippen molar-refractivity contribution in [3.63, 3.8) is 0 Å². The van der Waals surface area contributed by atoms with Crippen molar-refractivity contribution in [3.05, 3.63) is 0 Å². The van der Waals surface area contributed by atoms with Gasteiger partial charge in [-0.2, -0.15) is 10.2 Å². The minimum atomic E-state index is 0. The van der Waals surface area contributed by atoms with E-state index >= 15 is 0 Å². The van der Waals surface area contributed by atoms with Gasteiger partial charge in [0, 0.05) is 12.1 Å². The van der Waals surface area contributed by atoms with Crippen molar-refractivity contribution in [3.8, 4) is 0 Å². The van der Waals surface area contributed by atoms with Crippen LogP contribution < -0.4 is 11.5 Å². The molecule has 4 N–H and O–H groups in total. The summed E-state index contributed by atoms with van der Waals surface area (Å²) in [6.45, 7) is 4.97. The van der Waals surface area contributed by atoms with Gasteiger partial charge < -0.3 is 11.5 Å². The van der Waals surface area contributed by atoms with Crippen LogP contribution in [0.2, 0.25) is 0 Å². The third-order valence-corrected chi connectivity index (χ3v) is 0.839. The first-order valence-corrected chi connectivity index (χ1v) is 3.47. The second kappa shape index (κ2) is 7.91. The van der Waals surface area contributed by atoms with Gasteiger partial charge in [0.05, 0.1) is 13.1 Å². The van der Waals surface area contributed by atoms with Gasteiger partial charge in [-0.05, 0) is 13.8 Å². The molecular formula is C6H17ClN4. The summed E-state index contributed by atoms with van der Waals surface area (Å²) >= 11 is 0. The predicted molar refractivity (Wildman–Crippen MR) is 49.1 cm³/mol. The Labute approximate surface area is 73.8 Å². The van der Waals surface area contributed by atoms with Gasteiger partial charge in [-0.25, -0.2) is 0 Å². The third-order valence-electron chi connectivity index (χ3n) is 0.839. The molecule has 0 aromatic carbocycles. The van der Waals surface area contributed by atoms with Gasteiger partial charge in [-0.15, -0.1) is 12.4 Å². The Balaban J connectivity index is 0. The summed E-state index contributed by atoms with van der Waals surface area (Å²) in [5, 5.41) is 7.66. The van der Waals surface area contributed by atoms with Crippen LogP contribution >= 0.6 is 12.4 Å². The van der Waals surface area contributed by atoms with Crippen LogP contribution in [0.4, 0.5) is 0 Å². The average Bonchev–Trinajstić information content (AvgIpc) is 1.79. The fraction of sp³-hybridized carbons (Fsp3) is 1.00. The van der Waals surface area contributed by atoms with Crippen molar-refractivity contribution in [1.82, 2.24) is 0 Å². The van der Waals surface area contributed by atoms with Crippen molar-refractivity contribution in [2.24, 2.45) is 21.7 Å². The maximum absolute atomic E-state index is 5.42. The lowest BCUT2D eigenvalue weighted by atomic mass is 10.4. The van der Waals surface area contributed by atoms with E-state index in [4.69, 9.17) is 11.5 Å². The molecule has 0 aromatic heterocycles. The van der Waals surface area contributed by atoms with E-state index in [0.29, 0.717) is 13.1 Å². The maximum Gasteiger partial charge on any atom is 0.0747 e. The van der Waals surface area contributed by atoms with Gasteiger partial charge >= 0.3 is 0 Å². The number of halogens is 1. The van der Waals surface area contributed by atoms with Crippen LogP contribution in [-0.4, -0.2) is 25.2 Å². The van der Waals surface area contributed by atoms with E-state index in [9.17, 15) is 0 Å². The van der Waals surface area contributed by atoms with Gasteiger partial charge in [0.25, 0.3) is 0 Å². The standard InChI is InChI=1S/C6H16N4.ClH/c1-5(7)3-9-10-4-6(2)8;/h5-6H,3-4,7-8H2,1-2H3;1H. The summed E-state index contributed by atoms with van der Waals surface area (Å²) < 4.78 is 0. The molecule has 2 unspecified atom stereocenters. The average molecular weight is 181 g/mol. The highest BCUT2D eigenvalue weighted by molar-refractivity contribution is 5.85. The second-order valence-corrected chi connectivity index (χ2v) is 2.60. The van der Waals surface area contributed by atoms with E-state index in [-0.39, 0.29) is 24.5 Å². The molecule has 5 heteroatoms. The lowest BCUT2D eigenvalue weighted by Crippen LogP contribution is -2.20. The summed E-state index contributed by atoms with van der Waals surface area (Å²) in [4.78, 5) is 0. The SMILES string of the molecule is CC(N)CN=NCC(C)N.Cl.